The maximum atomic E-state index is 12.6. The lowest BCUT2D eigenvalue weighted by Crippen LogP contribution is -2.08. The molecule has 0 atom stereocenters. The minimum Gasteiger partial charge on any atom is -0.494 e. The number of halogens is 1. The van der Waals surface area contributed by atoms with E-state index in [-0.39, 0.29) is 0 Å². The Morgan fingerprint density at radius 2 is 1.55 bits per heavy atom. The number of carbonyl (C=O) groups excluding carboxylic acids is 1. The monoisotopic (exact) mass is 449 g/mol. The Kier molecular flexibility index (Phi) is 5.22. The van der Waals surface area contributed by atoms with Gasteiger partial charge in [0.15, 0.2) is 5.75 Å². The van der Waals surface area contributed by atoms with Gasteiger partial charge in [0.25, 0.3) is 0 Å². The van der Waals surface area contributed by atoms with Gasteiger partial charge in [0, 0.05) is 35.7 Å². The van der Waals surface area contributed by atoms with E-state index in [1.165, 1.54) is 14.2 Å². The second-order valence-electron chi connectivity index (χ2n) is 6.19. The van der Waals surface area contributed by atoms with Gasteiger partial charge in [-0.3, -0.25) is 9.97 Å². The minimum absolute atomic E-state index is 0.294. The molecule has 0 aliphatic heterocycles. The molecule has 0 aliphatic rings. The molecule has 6 nitrogen and oxygen atoms in total. The normalized spacial score (nSPS) is 10.7. The van der Waals surface area contributed by atoms with E-state index >= 15 is 0 Å². The zero-order valence-corrected chi connectivity index (χ0v) is 17.3. The zero-order chi connectivity index (χ0) is 20.4. The molecule has 0 radical (unpaired) electrons. The molecular formula is C22H16BrN3O3. The molecule has 0 bridgehead atoms. The van der Waals surface area contributed by atoms with Gasteiger partial charge in [-0.25, -0.2) is 9.78 Å². The lowest BCUT2D eigenvalue weighted by atomic mass is 10.0. The average molecular weight is 450 g/mol. The van der Waals surface area contributed by atoms with Crippen molar-refractivity contribution in [2.45, 2.75) is 0 Å². The highest BCUT2D eigenvalue weighted by molar-refractivity contribution is 9.10. The third-order valence-electron chi connectivity index (χ3n) is 4.57. The van der Waals surface area contributed by atoms with Crippen LogP contribution in [0.15, 0.2) is 65.7 Å². The van der Waals surface area contributed by atoms with Crippen LogP contribution in [0.4, 0.5) is 0 Å². The molecule has 3 aromatic heterocycles. The van der Waals surface area contributed by atoms with E-state index < -0.39 is 5.97 Å². The summed E-state index contributed by atoms with van der Waals surface area (Å²) in [4.78, 5) is 25.5. The largest absolute Gasteiger partial charge is 0.494 e. The highest BCUT2D eigenvalue weighted by Crippen LogP contribution is 2.38. The molecule has 144 valence electrons. The first-order valence-electron chi connectivity index (χ1n) is 8.74. The molecular weight excluding hydrogens is 434 g/mol. The minimum atomic E-state index is -0.510. The second kappa shape index (κ2) is 7.97. The molecule has 0 amide bonds. The Bertz CT molecular complexity index is 1200. The number of esters is 1. The molecule has 1 aromatic carbocycles. The predicted molar refractivity (Wildman–Crippen MR) is 114 cm³/mol. The Balaban J connectivity index is 1.93. The molecule has 0 spiro atoms. The Morgan fingerprint density at radius 1 is 0.897 bits per heavy atom. The highest BCUT2D eigenvalue weighted by atomic mass is 79.9. The summed E-state index contributed by atoms with van der Waals surface area (Å²) in [5.41, 5.74) is 4.38. The van der Waals surface area contributed by atoms with E-state index in [1.54, 1.807) is 24.8 Å². The Labute approximate surface area is 175 Å². The molecule has 0 saturated carbocycles. The SMILES string of the molecule is COC(=O)c1c(OC)c(-c2ccc(-c3ccncc3)cc2)nc2c(Br)cncc12. The summed E-state index contributed by atoms with van der Waals surface area (Å²) in [5.74, 6) is -0.162. The van der Waals surface area contributed by atoms with Gasteiger partial charge in [-0.1, -0.05) is 24.3 Å². The van der Waals surface area contributed by atoms with Crippen LogP contribution in [0.5, 0.6) is 5.75 Å². The summed E-state index contributed by atoms with van der Waals surface area (Å²) >= 11 is 3.47. The van der Waals surface area contributed by atoms with Crippen LogP contribution in [-0.4, -0.2) is 35.1 Å². The number of carbonyl (C=O) groups is 1. The van der Waals surface area contributed by atoms with Crippen LogP contribution in [0.1, 0.15) is 10.4 Å². The quantitative estimate of drug-likeness (QED) is 0.411. The Hall–Kier alpha value is -3.32. The number of hydrogen-bond donors (Lipinski definition) is 0. The van der Waals surface area contributed by atoms with Crippen molar-refractivity contribution in [2.75, 3.05) is 14.2 Å². The number of nitrogens with zero attached hydrogens (tertiary/aromatic N) is 3. The van der Waals surface area contributed by atoms with Crippen molar-refractivity contribution in [3.8, 4) is 28.1 Å². The van der Waals surface area contributed by atoms with Crippen LogP contribution in [0.2, 0.25) is 0 Å². The van der Waals surface area contributed by atoms with E-state index in [9.17, 15) is 4.79 Å². The average Bonchev–Trinajstić information content (AvgIpc) is 2.78. The summed E-state index contributed by atoms with van der Waals surface area (Å²) in [7, 11) is 2.85. The van der Waals surface area contributed by atoms with Crippen LogP contribution < -0.4 is 4.74 Å². The Morgan fingerprint density at radius 3 is 2.21 bits per heavy atom. The number of benzene rings is 1. The van der Waals surface area contributed by atoms with Crippen LogP contribution >= 0.6 is 15.9 Å². The summed E-state index contributed by atoms with van der Waals surface area (Å²) in [6, 6.07) is 11.8. The lowest BCUT2D eigenvalue weighted by Gasteiger charge is -2.15. The lowest BCUT2D eigenvalue weighted by molar-refractivity contribution is 0.0599. The molecule has 0 fully saturated rings. The van der Waals surface area contributed by atoms with Crippen LogP contribution in [0, 0.1) is 0 Å². The topological polar surface area (TPSA) is 74.2 Å². The molecule has 4 rings (SSSR count). The number of ether oxygens (including phenoxy) is 2. The second-order valence-corrected chi connectivity index (χ2v) is 7.05. The first kappa shape index (κ1) is 19.0. The molecule has 7 heteroatoms. The summed E-state index contributed by atoms with van der Waals surface area (Å²) in [5, 5.41) is 0.556. The van der Waals surface area contributed by atoms with Gasteiger partial charge in [-0.2, -0.15) is 0 Å². The molecule has 4 aromatic rings. The fourth-order valence-corrected chi connectivity index (χ4v) is 3.61. The van der Waals surface area contributed by atoms with E-state index in [1.807, 2.05) is 36.4 Å². The van der Waals surface area contributed by atoms with Gasteiger partial charge in [-0.05, 0) is 39.2 Å². The van der Waals surface area contributed by atoms with E-state index in [0.29, 0.717) is 32.4 Å². The smallest absolute Gasteiger partial charge is 0.342 e. The van der Waals surface area contributed by atoms with Crippen LogP contribution in [0.25, 0.3) is 33.3 Å². The number of hydrogen-bond acceptors (Lipinski definition) is 6. The summed E-state index contributed by atoms with van der Waals surface area (Å²) in [6.45, 7) is 0. The van der Waals surface area contributed by atoms with Crippen molar-refractivity contribution in [1.29, 1.82) is 0 Å². The molecule has 0 saturated heterocycles. The van der Waals surface area contributed by atoms with Crippen LogP contribution in [-0.2, 0) is 4.74 Å². The molecule has 3 heterocycles. The van der Waals surface area contributed by atoms with Crippen molar-refractivity contribution in [3.05, 3.63) is 71.2 Å². The van der Waals surface area contributed by atoms with E-state index in [4.69, 9.17) is 14.5 Å². The summed E-state index contributed by atoms with van der Waals surface area (Å²) in [6.07, 6.45) is 6.73. The van der Waals surface area contributed by atoms with Gasteiger partial charge in [0.1, 0.15) is 11.3 Å². The third kappa shape index (κ3) is 3.45. The van der Waals surface area contributed by atoms with E-state index in [0.717, 1.165) is 16.7 Å². The van der Waals surface area contributed by atoms with Crippen molar-refractivity contribution >= 4 is 32.8 Å². The number of fused-ring (bicyclic) bond motifs is 1. The number of pyridine rings is 3. The standard InChI is InChI=1S/C22H16BrN3O3/c1-28-21-18(22(27)29-2)16-11-25-12-17(23)20(16)26-19(21)15-5-3-13(4-6-15)14-7-9-24-10-8-14/h3-12H,1-2H3. The fraction of sp³-hybridized carbons (Fsp3) is 0.0909. The van der Waals surface area contributed by atoms with Gasteiger partial charge in [-0.15, -0.1) is 0 Å². The zero-order valence-electron chi connectivity index (χ0n) is 15.7. The van der Waals surface area contributed by atoms with Gasteiger partial charge < -0.3 is 9.47 Å². The van der Waals surface area contributed by atoms with Crippen molar-refractivity contribution in [3.63, 3.8) is 0 Å². The third-order valence-corrected chi connectivity index (χ3v) is 5.15. The fourth-order valence-electron chi connectivity index (χ4n) is 3.19. The van der Waals surface area contributed by atoms with Crippen molar-refractivity contribution in [2.24, 2.45) is 0 Å². The highest BCUT2D eigenvalue weighted by Gasteiger charge is 2.24. The van der Waals surface area contributed by atoms with Gasteiger partial charge in [0.05, 0.1) is 24.2 Å². The van der Waals surface area contributed by atoms with E-state index in [2.05, 4.69) is 25.9 Å². The number of methoxy groups -OCH3 is 2. The number of aromatic nitrogens is 3. The summed E-state index contributed by atoms with van der Waals surface area (Å²) < 4.78 is 11.3. The van der Waals surface area contributed by atoms with Gasteiger partial charge >= 0.3 is 5.97 Å². The maximum Gasteiger partial charge on any atom is 0.342 e. The van der Waals surface area contributed by atoms with Gasteiger partial charge in [0.2, 0.25) is 0 Å². The first-order valence-corrected chi connectivity index (χ1v) is 9.53. The maximum absolute atomic E-state index is 12.6. The first-order chi connectivity index (χ1) is 14.1. The van der Waals surface area contributed by atoms with Crippen LogP contribution in [0.3, 0.4) is 0 Å². The molecule has 0 N–H and O–H groups in total. The van der Waals surface area contributed by atoms with Crippen molar-refractivity contribution < 1.29 is 14.3 Å². The molecule has 29 heavy (non-hydrogen) atoms. The predicted octanol–water partition coefficient (Wildman–Crippen LogP) is 4.92. The molecule has 0 aliphatic carbocycles. The number of rotatable bonds is 4. The molecule has 0 unspecified atom stereocenters. The van der Waals surface area contributed by atoms with Crippen molar-refractivity contribution in [1.82, 2.24) is 15.0 Å².